The van der Waals surface area contributed by atoms with Crippen molar-refractivity contribution in [3.8, 4) is 0 Å². The van der Waals surface area contributed by atoms with E-state index in [1.54, 1.807) is 6.07 Å². The first kappa shape index (κ1) is 14.0. The molecule has 0 radical (unpaired) electrons. The van der Waals surface area contributed by atoms with E-state index in [-0.39, 0.29) is 5.82 Å². The molecule has 1 aliphatic carbocycles. The van der Waals surface area contributed by atoms with E-state index in [1.807, 2.05) is 12.1 Å². The molecule has 110 valence electrons. The highest BCUT2D eigenvalue weighted by Crippen LogP contribution is 2.25. The lowest BCUT2D eigenvalue weighted by Crippen LogP contribution is -2.27. The highest BCUT2D eigenvalue weighted by molar-refractivity contribution is 5.25. The Labute approximate surface area is 121 Å². The lowest BCUT2D eigenvalue weighted by molar-refractivity contribution is 0.253. The minimum absolute atomic E-state index is 0.0630. The van der Waals surface area contributed by atoms with E-state index in [1.165, 1.54) is 24.8 Å². The molecule has 1 saturated carbocycles. The molecule has 3 heteroatoms. The van der Waals surface area contributed by atoms with Gasteiger partial charge in [0.2, 0.25) is 0 Å². The van der Waals surface area contributed by atoms with Crippen molar-refractivity contribution in [2.24, 2.45) is 5.92 Å². The molecule has 1 N–H and O–H groups in total. The molecule has 20 heavy (non-hydrogen) atoms. The van der Waals surface area contributed by atoms with E-state index in [0.29, 0.717) is 12.1 Å². The highest BCUT2D eigenvalue weighted by atomic mass is 19.1. The Hall–Kier alpha value is -0.930. The van der Waals surface area contributed by atoms with Crippen LogP contribution in [-0.2, 0) is 13.1 Å². The van der Waals surface area contributed by atoms with Gasteiger partial charge in [-0.2, -0.15) is 0 Å². The molecule has 2 atom stereocenters. The summed E-state index contributed by atoms with van der Waals surface area (Å²) in [7, 11) is 0. The van der Waals surface area contributed by atoms with Crippen molar-refractivity contribution in [1.29, 1.82) is 0 Å². The Morgan fingerprint density at radius 1 is 1.30 bits per heavy atom. The van der Waals surface area contributed by atoms with Gasteiger partial charge >= 0.3 is 0 Å². The number of rotatable bonds is 5. The molecule has 0 bridgehead atoms. The monoisotopic (exact) mass is 276 g/mol. The average molecular weight is 276 g/mol. The predicted octanol–water partition coefficient (Wildman–Crippen LogP) is 3.31. The standard InChI is InChI=1S/C17H25FN2/c1-12-7-13(2)20(10-12)11-15-8-14(3-6-17(15)18)9-19-16-4-5-16/h3,6,8,12-13,16,19H,4-5,7,9-11H2,1-2H3. The van der Waals surface area contributed by atoms with Gasteiger partial charge in [-0.05, 0) is 43.7 Å². The van der Waals surface area contributed by atoms with Crippen LogP contribution in [0.3, 0.4) is 0 Å². The molecular weight excluding hydrogens is 251 g/mol. The molecule has 3 rings (SSSR count). The SMILES string of the molecule is CC1CC(C)N(Cc2cc(CNC3CC3)ccc2F)C1. The second-order valence-corrected chi connectivity index (χ2v) is 6.70. The maximum absolute atomic E-state index is 14.0. The van der Waals surface area contributed by atoms with E-state index < -0.39 is 0 Å². The van der Waals surface area contributed by atoms with E-state index in [9.17, 15) is 4.39 Å². The summed E-state index contributed by atoms with van der Waals surface area (Å²) >= 11 is 0. The summed E-state index contributed by atoms with van der Waals surface area (Å²) in [6.45, 7) is 7.23. The van der Waals surface area contributed by atoms with Gasteiger partial charge in [-0.25, -0.2) is 4.39 Å². The third-order valence-corrected chi connectivity index (χ3v) is 4.57. The fraction of sp³-hybridized carbons (Fsp3) is 0.647. The number of halogens is 1. The zero-order valence-corrected chi connectivity index (χ0v) is 12.5. The topological polar surface area (TPSA) is 15.3 Å². The van der Waals surface area contributed by atoms with Crippen LogP contribution in [0.1, 0.15) is 44.2 Å². The van der Waals surface area contributed by atoms with Crippen molar-refractivity contribution < 1.29 is 4.39 Å². The summed E-state index contributed by atoms with van der Waals surface area (Å²) in [4.78, 5) is 2.40. The first-order valence-electron chi connectivity index (χ1n) is 7.86. The van der Waals surface area contributed by atoms with E-state index >= 15 is 0 Å². The lowest BCUT2D eigenvalue weighted by Gasteiger charge is -2.21. The van der Waals surface area contributed by atoms with Crippen LogP contribution in [0.4, 0.5) is 4.39 Å². The fourth-order valence-corrected chi connectivity index (χ4v) is 3.23. The van der Waals surface area contributed by atoms with Gasteiger partial charge in [-0.1, -0.05) is 19.1 Å². The fourth-order valence-electron chi connectivity index (χ4n) is 3.23. The van der Waals surface area contributed by atoms with Crippen LogP contribution in [0.15, 0.2) is 18.2 Å². The van der Waals surface area contributed by atoms with Gasteiger partial charge in [0.05, 0.1) is 0 Å². The summed E-state index contributed by atoms with van der Waals surface area (Å²) in [5.74, 6) is 0.666. The van der Waals surface area contributed by atoms with Crippen molar-refractivity contribution >= 4 is 0 Å². The molecule has 2 aliphatic rings. The third-order valence-electron chi connectivity index (χ3n) is 4.57. The van der Waals surface area contributed by atoms with Crippen LogP contribution in [0, 0.1) is 11.7 Å². The van der Waals surface area contributed by atoms with Crippen LogP contribution < -0.4 is 5.32 Å². The van der Waals surface area contributed by atoms with Gasteiger partial charge in [-0.3, -0.25) is 4.90 Å². The summed E-state index contributed by atoms with van der Waals surface area (Å²) in [6, 6.07) is 6.84. The van der Waals surface area contributed by atoms with Crippen LogP contribution in [0.25, 0.3) is 0 Å². The third kappa shape index (κ3) is 3.39. The van der Waals surface area contributed by atoms with E-state index in [0.717, 1.165) is 31.1 Å². The molecule has 0 amide bonds. The minimum atomic E-state index is -0.0630. The first-order valence-corrected chi connectivity index (χ1v) is 7.86. The van der Waals surface area contributed by atoms with E-state index in [4.69, 9.17) is 0 Å². The van der Waals surface area contributed by atoms with Gasteiger partial charge in [0.1, 0.15) is 5.82 Å². The Kier molecular flexibility index (Phi) is 4.08. The normalized spacial score (nSPS) is 27.1. The zero-order chi connectivity index (χ0) is 14.1. The quantitative estimate of drug-likeness (QED) is 0.887. The van der Waals surface area contributed by atoms with Crippen molar-refractivity contribution in [3.63, 3.8) is 0 Å². The van der Waals surface area contributed by atoms with Gasteiger partial charge in [0.25, 0.3) is 0 Å². The van der Waals surface area contributed by atoms with Crippen molar-refractivity contribution in [2.75, 3.05) is 6.54 Å². The first-order chi connectivity index (χ1) is 9.61. The van der Waals surface area contributed by atoms with Crippen LogP contribution in [-0.4, -0.2) is 23.5 Å². The highest BCUT2D eigenvalue weighted by Gasteiger charge is 2.26. The predicted molar refractivity (Wildman–Crippen MR) is 79.9 cm³/mol. The molecule has 0 spiro atoms. The van der Waals surface area contributed by atoms with Gasteiger partial charge < -0.3 is 5.32 Å². The molecule has 0 aromatic heterocycles. The minimum Gasteiger partial charge on any atom is -0.310 e. The molecule has 1 aliphatic heterocycles. The lowest BCUT2D eigenvalue weighted by atomic mass is 10.1. The van der Waals surface area contributed by atoms with E-state index in [2.05, 4.69) is 24.1 Å². The smallest absolute Gasteiger partial charge is 0.127 e. The van der Waals surface area contributed by atoms with Gasteiger partial charge in [0.15, 0.2) is 0 Å². The Bertz CT molecular complexity index is 470. The molecule has 2 fully saturated rings. The van der Waals surface area contributed by atoms with Crippen LogP contribution in [0.5, 0.6) is 0 Å². The number of hydrogen-bond acceptors (Lipinski definition) is 2. The Balaban J connectivity index is 1.66. The number of nitrogens with one attached hydrogen (secondary N) is 1. The average Bonchev–Trinajstić information content (AvgIpc) is 3.17. The molecule has 2 nitrogen and oxygen atoms in total. The number of nitrogens with zero attached hydrogens (tertiary/aromatic N) is 1. The van der Waals surface area contributed by atoms with Crippen LogP contribution in [0.2, 0.25) is 0 Å². The summed E-state index contributed by atoms with van der Waals surface area (Å²) in [6.07, 6.45) is 3.80. The van der Waals surface area contributed by atoms with Crippen molar-refractivity contribution in [2.45, 2.75) is 58.3 Å². The summed E-state index contributed by atoms with van der Waals surface area (Å²) in [5, 5.41) is 3.49. The second-order valence-electron chi connectivity index (χ2n) is 6.70. The molecular formula is C17H25FN2. The van der Waals surface area contributed by atoms with Crippen LogP contribution >= 0.6 is 0 Å². The van der Waals surface area contributed by atoms with Crippen molar-refractivity contribution in [1.82, 2.24) is 10.2 Å². The molecule has 1 aromatic rings. The van der Waals surface area contributed by atoms with Crippen molar-refractivity contribution in [3.05, 3.63) is 35.1 Å². The Morgan fingerprint density at radius 2 is 2.10 bits per heavy atom. The van der Waals surface area contributed by atoms with Gasteiger partial charge in [-0.15, -0.1) is 0 Å². The number of hydrogen-bond donors (Lipinski definition) is 1. The molecule has 1 aromatic carbocycles. The summed E-state index contributed by atoms with van der Waals surface area (Å²) < 4.78 is 14.0. The molecule has 2 unspecified atom stereocenters. The van der Waals surface area contributed by atoms with Gasteiger partial charge in [0, 0.05) is 37.3 Å². The summed E-state index contributed by atoms with van der Waals surface area (Å²) in [5.41, 5.74) is 2.05. The maximum atomic E-state index is 14.0. The Morgan fingerprint density at radius 3 is 2.75 bits per heavy atom. The number of likely N-dealkylation sites (tertiary alicyclic amines) is 1. The maximum Gasteiger partial charge on any atom is 0.127 e. The zero-order valence-electron chi connectivity index (χ0n) is 12.5. The largest absolute Gasteiger partial charge is 0.310 e. The molecule has 1 saturated heterocycles. The second kappa shape index (κ2) is 5.82. The molecule has 1 heterocycles. The number of benzene rings is 1.